The van der Waals surface area contributed by atoms with E-state index in [-0.39, 0.29) is 5.69 Å². The highest BCUT2D eigenvalue weighted by Gasteiger charge is 2.50. The van der Waals surface area contributed by atoms with Crippen molar-refractivity contribution in [3.8, 4) is 0 Å². The standard InChI is InChI=1S/C21H19F4N3O/c22-18-16(21(23,24)25)7-4-8-17(18)28-14-26-19(29)20(28)9-11-27(12-10-20)13-15-5-2-1-3-6-15/h1-8,14H,9-13H2. The number of likely N-dealkylation sites (tertiary alicyclic amines) is 1. The van der Waals surface area contributed by atoms with Gasteiger partial charge in [0.25, 0.3) is 5.91 Å². The predicted molar refractivity (Wildman–Crippen MR) is 101 cm³/mol. The smallest absolute Gasteiger partial charge is 0.314 e. The molecule has 1 amide bonds. The molecule has 152 valence electrons. The van der Waals surface area contributed by atoms with Crippen molar-refractivity contribution in [2.45, 2.75) is 31.1 Å². The summed E-state index contributed by atoms with van der Waals surface area (Å²) >= 11 is 0. The minimum atomic E-state index is -4.81. The first-order valence-corrected chi connectivity index (χ1v) is 9.31. The highest BCUT2D eigenvalue weighted by molar-refractivity contribution is 6.08. The fourth-order valence-electron chi connectivity index (χ4n) is 4.04. The maximum Gasteiger partial charge on any atom is 0.419 e. The highest BCUT2D eigenvalue weighted by Crippen LogP contribution is 2.41. The molecule has 0 aromatic heterocycles. The van der Waals surface area contributed by atoms with Crippen LogP contribution in [0.1, 0.15) is 24.0 Å². The minimum Gasteiger partial charge on any atom is -0.314 e. The Labute approximate surface area is 165 Å². The normalized spacial score (nSPS) is 19.3. The molecule has 2 aromatic carbocycles. The minimum absolute atomic E-state index is 0.272. The third kappa shape index (κ3) is 3.53. The lowest BCUT2D eigenvalue weighted by molar-refractivity contribution is -0.139. The van der Waals surface area contributed by atoms with Gasteiger partial charge in [0.2, 0.25) is 0 Å². The number of benzene rings is 2. The molecule has 0 atom stereocenters. The Bertz CT molecular complexity index is 935. The van der Waals surface area contributed by atoms with Gasteiger partial charge in [-0.25, -0.2) is 9.38 Å². The number of rotatable bonds is 3. The summed E-state index contributed by atoms with van der Waals surface area (Å²) < 4.78 is 54.1. The molecule has 1 saturated heterocycles. The third-order valence-corrected chi connectivity index (χ3v) is 5.63. The maximum absolute atomic E-state index is 14.7. The number of hydrogen-bond acceptors (Lipinski definition) is 3. The number of carbonyl (C=O) groups is 1. The van der Waals surface area contributed by atoms with Gasteiger partial charge in [0.15, 0.2) is 5.82 Å². The summed E-state index contributed by atoms with van der Waals surface area (Å²) in [4.78, 5) is 19.9. The van der Waals surface area contributed by atoms with Crippen molar-refractivity contribution in [3.63, 3.8) is 0 Å². The molecular formula is C21H19F4N3O. The van der Waals surface area contributed by atoms with Crippen molar-refractivity contribution >= 4 is 17.9 Å². The molecule has 0 aliphatic carbocycles. The van der Waals surface area contributed by atoms with Crippen LogP contribution in [-0.4, -0.2) is 35.8 Å². The van der Waals surface area contributed by atoms with Crippen molar-refractivity contribution in [1.29, 1.82) is 0 Å². The van der Waals surface area contributed by atoms with Gasteiger partial charge in [-0.15, -0.1) is 0 Å². The summed E-state index contributed by atoms with van der Waals surface area (Å²) in [5, 5.41) is 0. The molecule has 4 nitrogen and oxygen atoms in total. The van der Waals surface area contributed by atoms with E-state index in [1.54, 1.807) is 0 Å². The SMILES string of the molecule is O=C1N=CN(c2cccc(C(F)(F)F)c2F)C12CCN(Cc1ccccc1)CC2. The van der Waals surface area contributed by atoms with Crippen LogP contribution in [0, 0.1) is 5.82 Å². The van der Waals surface area contributed by atoms with Crippen LogP contribution in [0.3, 0.4) is 0 Å². The average Bonchev–Trinajstić information content (AvgIpc) is 3.00. The molecule has 2 aliphatic rings. The molecule has 2 aromatic rings. The molecule has 0 N–H and O–H groups in total. The number of hydrogen-bond donors (Lipinski definition) is 0. The number of halogens is 4. The summed E-state index contributed by atoms with van der Waals surface area (Å²) in [6.07, 6.45) is -2.94. The largest absolute Gasteiger partial charge is 0.419 e. The van der Waals surface area contributed by atoms with Crippen molar-refractivity contribution in [1.82, 2.24) is 4.90 Å². The summed E-state index contributed by atoms with van der Waals surface area (Å²) in [7, 11) is 0. The van der Waals surface area contributed by atoms with Gasteiger partial charge in [-0.05, 0) is 30.5 Å². The molecule has 2 heterocycles. The zero-order valence-electron chi connectivity index (χ0n) is 15.5. The Kier molecular flexibility index (Phi) is 4.90. The Morgan fingerprint density at radius 2 is 1.69 bits per heavy atom. The first kappa shape index (κ1) is 19.6. The fourth-order valence-corrected chi connectivity index (χ4v) is 4.04. The average molecular weight is 405 g/mol. The second-order valence-electron chi connectivity index (χ2n) is 7.35. The van der Waals surface area contributed by atoms with Crippen molar-refractivity contribution in [2.75, 3.05) is 18.0 Å². The first-order valence-electron chi connectivity index (χ1n) is 9.31. The van der Waals surface area contributed by atoms with Gasteiger partial charge in [-0.2, -0.15) is 13.2 Å². The Morgan fingerprint density at radius 1 is 1.00 bits per heavy atom. The van der Waals surface area contributed by atoms with Gasteiger partial charge in [-0.3, -0.25) is 9.69 Å². The molecule has 1 fully saturated rings. The number of piperidine rings is 1. The van der Waals surface area contributed by atoms with Crippen molar-refractivity contribution in [3.05, 3.63) is 65.5 Å². The molecule has 2 aliphatic heterocycles. The van der Waals surface area contributed by atoms with E-state index in [1.807, 2.05) is 30.3 Å². The van der Waals surface area contributed by atoms with Gasteiger partial charge in [-0.1, -0.05) is 36.4 Å². The van der Waals surface area contributed by atoms with Crippen molar-refractivity contribution in [2.24, 2.45) is 4.99 Å². The molecule has 0 saturated carbocycles. The molecule has 1 spiro atoms. The topological polar surface area (TPSA) is 35.9 Å². The second kappa shape index (κ2) is 7.26. The zero-order chi connectivity index (χ0) is 20.6. The van der Waals surface area contributed by atoms with Crippen LogP contribution in [0.15, 0.2) is 53.5 Å². The third-order valence-electron chi connectivity index (χ3n) is 5.63. The van der Waals surface area contributed by atoms with E-state index in [0.29, 0.717) is 38.5 Å². The summed E-state index contributed by atoms with van der Waals surface area (Å²) in [6.45, 7) is 1.83. The van der Waals surface area contributed by atoms with Gasteiger partial charge in [0, 0.05) is 19.6 Å². The highest BCUT2D eigenvalue weighted by atomic mass is 19.4. The molecular weight excluding hydrogens is 386 g/mol. The zero-order valence-corrected chi connectivity index (χ0v) is 15.5. The second-order valence-corrected chi connectivity index (χ2v) is 7.35. The van der Waals surface area contributed by atoms with E-state index in [9.17, 15) is 22.4 Å². The predicted octanol–water partition coefficient (Wildman–Crippen LogP) is 4.25. The number of carbonyl (C=O) groups excluding carboxylic acids is 1. The Balaban J connectivity index is 1.58. The van der Waals surface area contributed by atoms with E-state index < -0.39 is 29.0 Å². The number of anilines is 1. The van der Waals surface area contributed by atoms with E-state index in [2.05, 4.69) is 9.89 Å². The van der Waals surface area contributed by atoms with Gasteiger partial charge < -0.3 is 4.90 Å². The van der Waals surface area contributed by atoms with Crippen molar-refractivity contribution < 1.29 is 22.4 Å². The van der Waals surface area contributed by atoms with Crippen LogP contribution in [0.4, 0.5) is 23.2 Å². The molecule has 0 unspecified atom stereocenters. The number of alkyl halides is 3. The molecule has 0 radical (unpaired) electrons. The quantitative estimate of drug-likeness (QED) is 0.717. The number of nitrogens with zero attached hydrogens (tertiary/aromatic N) is 3. The number of aliphatic imine (C=N–C) groups is 1. The lowest BCUT2D eigenvalue weighted by atomic mass is 9.85. The lowest BCUT2D eigenvalue weighted by Crippen LogP contribution is -2.56. The van der Waals surface area contributed by atoms with Crippen LogP contribution in [0.25, 0.3) is 0 Å². The van der Waals surface area contributed by atoms with Gasteiger partial charge in [0.05, 0.1) is 11.3 Å². The molecule has 0 bridgehead atoms. The number of amides is 1. The van der Waals surface area contributed by atoms with Crippen LogP contribution in [0.5, 0.6) is 0 Å². The summed E-state index contributed by atoms with van der Waals surface area (Å²) in [5.74, 6) is -1.82. The van der Waals surface area contributed by atoms with Crippen LogP contribution in [-0.2, 0) is 17.5 Å². The Hall–Kier alpha value is -2.74. The summed E-state index contributed by atoms with van der Waals surface area (Å²) in [5.41, 5.74) is -1.62. The maximum atomic E-state index is 14.7. The first-order chi connectivity index (χ1) is 13.8. The summed E-state index contributed by atoms with van der Waals surface area (Å²) in [6, 6.07) is 13.0. The van der Waals surface area contributed by atoms with Crippen LogP contribution >= 0.6 is 0 Å². The lowest BCUT2D eigenvalue weighted by Gasteiger charge is -2.43. The van der Waals surface area contributed by atoms with E-state index >= 15 is 0 Å². The van der Waals surface area contributed by atoms with E-state index in [4.69, 9.17) is 0 Å². The monoisotopic (exact) mass is 405 g/mol. The molecule has 29 heavy (non-hydrogen) atoms. The molecule has 8 heteroatoms. The Morgan fingerprint density at radius 3 is 2.34 bits per heavy atom. The molecule has 4 rings (SSSR count). The van der Waals surface area contributed by atoms with Crippen LogP contribution < -0.4 is 4.90 Å². The van der Waals surface area contributed by atoms with Gasteiger partial charge >= 0.3 is 6.18 Å². The van der Waals surface area contributed by atoms with E-state index in [0.717, 1.165) is 18.0 Å². The van der Waals surface area contributed by atoms with Crippen LogP contribution in [0.2, 0.25) is 0 Å². The van der Waals surface area contributed by atoms with E-state index in [1.165, 1.54) is 11.0 Å². The fraction of sp³-hybridized carbons (Fsp3) is 0.333. The van der Waals surface area contributed by atoms with Gasteiger partial charge in [0.1, 0.15) is 11.9 Å².